The number of amides is 2. The van der Waals surface area contributed by atoms with Crippen LogP contribution in [0.5, 0.6) is 0 Å². The Morgan fingerprint density at radius 1 is 1.09 bits per heavy atom. The number of benzene rings is 1. The van der Waals surface area contributed by atoms with Crippen LogP contribution in [0.25, 0.3) is 22.3 Å². The van der Waals surface area contributed by atoms with Gasteiger partial charge in [-0.25, -0.2) is 9.97 Å². The summed E-state index contributed by atoms with van der Waals surface area (Å²) in [6.45, 7) is 5.77. The first-order valence-electron chi connectivity index (χ1n) is 11.9. The van der Waals surface area contributed by atoms with E-state index in [0.29, 0.717) is 39.1 Å². The number of rotatable bonds is 4. The van der Waals surface area contributed by atoms with Crippen molar-refractivity contribution in [3.05, 3.63) is 36.7 Å². The van der Waals surface area contributed by atoms with Crippen molar-refractivity contribution in [1.82, 2.24) is 19.9 Å². The zero-order chi connectivity index (χ0) is 24.2. The summed E-state index contributed by atoms with van der Waals surface area (Å²) in [4.78, 5) is 40.9. The van der Waals surface area contributed by atoms with Crippen LogP contribution in [0.15, 0.2) is 36.7 Å². The van der Waals surface area contributed by atoms with E-state index in [1.165, 1.54) is 0 Å². The quantitative estimate of drug-likeness (QED) is 0.566. The molecule has 1 aromatic carbocycles. The highest BCUT2D eigenvalue weighted by Crippen LogP contribution is 2.30. The third-order valence-electron chi connectivity index (χ3n) is 6.56. The Labute approximate surface area is 203 Å². The van der Waals surface area contributed by atoms with Gasteiger partial charge in [0.2, 0.25) is 5.91 Å². The summed E-state index contributed by atoms with van der Waals surface area (Å²) in [5.74, 6) is 5.83. The highest BCUT2D eigenvalue weighted by molar-refractivity contribution is 5.95. The summed E-state index contributed by atoms with van der Waals surface area (Å²) < 4.78 is 5.46. The molecule has 2 fully saturated rings. The van der Waals surface area contributed by atoms with Crippen LogP contribution in [0.1, 0.15) is 19.8 Å². The minimum atomic E-state index is -0.165. The molecule has 2 aliphatic heterocycles. The van der Waals surface area contributed by atoms with Gasteiger partial charge in [0.15, 0.2) is 0 Å². The van der Waals surface area contributed by atoms with Gasteiger partial charge in [0.25, 0.3) is 5.91 Å². The number of carbonyl (C=O) groups excluding carboxylic acids is 2. The van der Waals surface area contributed by atoms with Crippen molar-refractivity contribution in [1.29, 1.82) is 0 Å². The van der Waals surface area contributed by atoms with Crippen molar-refractivity contribution in [2.75, 3.05) is 49.6 Å². The lowest BCUT2D eigenvalue weighted by Gasteiger charge is -2.30. The van der Waals surface area contributed by atoms with Crippen LogP contribution >= 0.6 is 0 Å². The summed E-state index contributed by atoms with van der Waals surface area (Å²) in [6.07, 6.45) is 2.87. The molecule has 35 heavy (non-hydrogen) atoms. The van der Waals surface area contributed by atoms with Crippen LogP contribution in [-0.2, 0) is 14.3 Å². The number of ether oxygens (including phenoxy) is 1. The van der Waals surface area contributed by atoms with Crippen LogP contribution in [-0.4, -0.2) is 71.1 Å². The molecular weight excluding hydrogens is 444 g/mol. The van der Waals surface area contributed by atoms with E-state index < -0.39 is 0 Å². The predicted molar refractivity (Wildman–Crippen MR) is 134 cm³/mol. The number of hydrogen-bond acceptors (Lipinski definition) is 6. The molecule has 0 saturated carbocycles. The molecule has 5 rings (SSSR count). The average Bonchev–Trinajstić information content (AvgIpc) is 3.34. The van der Waals surface area contributed by atoms with E-state index in [9.17, 15) is 9.59 Å². The summed E-state index contributed by atoms with van der Waals surface area (Å²) in [5, 5.41) is 4.00. The first-order valence-corrected chi connectivity index (χ1v) is 11.9. The third kappa shape index (κ3) is 4.98. The van der Waals surface area contributed by atoms with Crippen LogP contribution in [0.4, 0.5) is 11.5 Å². The van der Waals surface area contributed by atoms with Gasteiger partial charge < -0.3 is 24.8 Å². The molecular formula is C26H28N6O3. The van der Waals surface area contributed by atoms with Crippen molar-refractivity contribution in [2.24, 2.45) is 5.92 Å². The Bertz CT molecular complexity index is 1280. The first kappa shape index (κ1) is 22.9. The van der Waals surface area contributed by atoms with Crippen LogP contribution in [0.3, 0.4) is 0 Å². The molecule has 9 nitrogen and oxygen atoms in total. The normalized spacial score (nSPS) is 16.6. The fourth-order valence-corrected chi connectivity index (χ4v) is 4.62. The van der Waals surface area contributed by atoms with Crippen molar-refractivity contribution in [3.63, 3.8) is 0 Å². The van der Waals surface area contributed by atoms with Gasteiger partial charge in [-0.15, -0.1) is 0 Å². The van der Waals surface area contributed by atoms with E-state index in [-0.39, 0.29) is 17.7 Å². The number of nitrogens with one attached hydrogen (secondary N) is 2. The highest BCUT2D eigenvalue weighted by atomic mass is 16.5. The van der Waals surface area contributed by atoms with Gasteiger partial charge in [-0.3, -0.25) is 9.59 Å². The molecule has 0 bridgehead atoms. The van der Waals surface area contributed by atoms with E-state index >= 15 is 0 Å². The van der Waals surface area contributed by atoms with E-state index in [4.69, 9.17) is 4.74 Å². The van der Waals surface area contributed by atoms with Gasteiger partial charge in [-0.1, -0.05) is 18.1 Å². The lowest BCUT2D eigenvalue weighted by atomic mass is 9.95. The zero-order valence-corrected chi connectivity index (χ0v) is 19.7. The fraction of sp³-hybridized carbons (Fsp3) is 0.385. The van der Waals surface area contributed by atoms with Crippen molar-refractivity contribution < 1.29 is 14.3 Å². The predicted octanol–water partition coefficient (Wildman–Crippen LogP) is 2.66. The maximum Gasteiger partial charge on any atom is 0.298 e. The summed E-state index contributed by atoms with van der Waals surface area (Å²) >= 11 is 0. The number of aromatic nitrogens is 3. The Morgan fingerprint density at radius 3 is 2.54 bits per heavy atom. The molecule has 2 aliphatic rings. The largest absolute Gasteiger partial charge is 0.378 e. The minimum Gasteiger partial charge on any atom is -0.378 e. The number of nitrogens with zero attached hydrogens (tertiary/aromatic N) is 4. The van der Waals surface area contributed by atoms with Crippen LogP contribution in [0, 0.1) is 17.8 Å². The molecule has 2 amide bonds. The molecule has 0 unspecified atom stereocenters. The Hall–Kier alpha value is -3.90. The molecule has 2 saturated heterocycles. The van der Waals surface area contributed by atoms with Gasteiger partial charge in [-0.05, 0) is 49.4 Å². The van der Waals surface area contributed by atoms with E-state index in [0.717, 1.165) is 46.9 Å². The first-order chi connectivity index (χ1) is 17.1. The smallest absolute Gasteiger partial charge is 0.298 e. The van der Waals surface area contributed by atoms with E-state index in [2.05, 4.69) is 43.1 Å². The molecule has 3 aromatic rings. The van der Waals surface area contributed by atoms with Gasteiger partial charge in [0.1, 0.15) is 17.8 Å². The van der Waals surface area contributed by atoms with Gasteiger partial charge in [-0.2, -0.15) is 0 Å². The number of likely N-dealkylation sites (tertiary alicyclic amines) is 1. The molecule has 9 heteroatoms. The van der Waals surface area contributed by atoms with Crippen LogP contribution in [0.2, 0.25) is 0 Å². The number of carbonyl (C=O) groups is 2. The number of aromatic amines is 1. The second kappa shape index (κ2) is 10.2. The van der Waals surface area contributed by atoms with Gasteiger partial charge >= 0.3 is 0 Å². The molecule has 0 spiro atoms. The molecule has 2 N–H and O–H groups in total. The van der Waals surface area contributed by atoms with Crippen LogP contribution < -0.4 is 10.2 Å². The SMILES string of the molecule is CC#CC(=O)N1CCC(C(=O)Nc2ccc(-c3cc4c(N5CCOCC5)ncnc4[nH]3)cc2)CC1. The van der Waals surface area contributed by atoms with Crippen molar-refractivity contribution in [3.8, 4) is 23.1 Å². The summed E-state index contributed by atoms with van der Waals surface area (Å²) in [5.41, 5.74) is 3.49. The monoisotopic (exact) mass is 472 g/mol. The van der Waals surface area contributed by atoms with Crippen molar-refractivity contribution >= 4 is 34.4 Å². The fourth-order valence-electron chi connectivity index (χ4n) is 4.62. The molecule has 2 aromatic heterocycles. The Kier molecular flexibility index (Phi) is 6.64. The summed E-state index contributed by atoms with van der Waals surface area (Å²) in [7, 11) is 0. The number of piperidine rings is 1. The number of morpholine rings is 1. The maximum atomic E-state index is 12.8. The molecule has 4 heterocycles. The zero-order valence-electron chi connectivity index (χ0n) is 19.7. The van der Waals surface area contributed by atoms with Crippen molar-refractivity contribution in [2.45, 2.75) is 19.8 Å². The average molecular weight is 473 g/mol. The standard InChI is InChI=1S/C26H28N6O3/c1-2-3-23(33)31-10-8-19(9-11-31)26(34)29-20-6-4-18(5-7-20)22-16-21-24(30-22)27-17-28-25(21)32-12-14-35-15-13-32/h4-7,16-17,19H,8-15H2,1H3,(H,29,34)(H,27,28,30). The second-order valence-corrected chi connectivity index (χ2v) is 8.75. The van der Waals surface area contributed by atoms with Gasteiger partial charge in [0, 0.05) is 43.5 Å². The van der Waals surface area contributed by atoms with Gasteiger partial charge in [0.05, 0.1) is 18.6 Å². The second-order valence-electron chi connectivity index (χ2n) is 8.75. The molecule has 0 aliphatic carbocycles. The number of anilines is 2. The lowest BCUT2D eigenvalue weighted by molar-refractivity contribution is -0.129. The number of fused-ring (bicyclic) bond motifs is 1. The highest BCUT2D eigenvalue weighted by Gasteiger charge is 2.27. The molecule has 0 atom stereocenters. The molecule has 180 valence electrons. The molecule has 0 radical (unpaired) electrons. The number of H-pyrrole nitrogens is 1. The number of hydrogen-bond donors (Lipinski definition) is 2. The minimum absolute atomic E-state index is 0.0116. The lowest BCUT2D eigenvalue weighted by Crippen LogP contribution is -2.40. The van der Waals surface area contributed by atoms with E-state index in [1.807, 2.05) is 24.3 Å². The maximum absolute atomic E-state index is 12.8. The summed E-state index contributed by atoms with van der Waals surface area (Å²) in [6, 6.07) is 9.84. The third-order valence-corrected chi connectivity index (χ3v) is 6.56. The Balaban J connectivity index is 1.24. The topological polar surface area (TPSA) is 103 Å². The van der Waals surface area contributed by atoms with E-state index in [1.54, 1.807) is 18.2 Å². The Morgan fingerprint density at radius 2 is 1.83 bits per heavy atom.